The van der Waals surface area contributed by atoms with Gasteiger partial charge in [0.05, 0.1) is 0 Å². The molecule has 4 heteroatoms. The van der Waals surface area contributed by atoms with Crippen molar-refractivity contribution in [1.82, 2.24) is 10.2 Å². The molecule has 1 atom stereocenters. The number of nitrogens with zero attached hydrogens (tertiary/aromatic N) is 1. The van der Waals surface area contributed by atoms with E-state index in [-0.39, 0.29) is 17.9 Å². The highest BCUT2D eigenvalue weighted by Gasteiger charge is 2.30. The van der Waals surface area contributed by atoms with Crippen molar-refractivity contribution in [2.45, 2.75) is 77.4 Å². The minimum absolute atomic E-state index is 0.00915. The molecular formula is C26H34N2O2. The van der Waals surface area contributed by atoms with Crippen molar-refractivity contribution in [3.05, 3.63) is 71.3 Å². The third-order valence-corrected chi connectivity index (χ3v) is 5.99. The molecule has 2 aromatic carbocycles. The van der Waals surface area contributed by atoms with Crippen LogP contribution in [0, 0.1) is 6.92 Å². The van der Waals surface area contributed by atoms with Crippen molar-refractivity contribution >= 4 is 11.8 Å². The van der Waals surface area contributed by atoms with Gasteiger partial charge in [-0.25, -0.2) is 0 Å². The quantitative estimate of drug-likeness (QED) is 0.651. The highest BCUT2D eigenvalue weighted by Crippen LogP contribution is 2.20. The molecule has 1 aliphatic rings. The van der Waals surface area contributed by atoms with Gasteiger partial charge in [0.1, 0.15) is 6.04 Å². The van der Waals surface area contributed by atoms with E-state index in [9.17, 15) is 9.59 Å². The lowest BCUT2D eigenvalue weighted by Gasteiger charge is -2.31. The zero-order valence-electron chi connectivity index (χ0n) is 18.3. The molecule has 0 aromatic heterocycles. The highest BCUT2D eigenvalue weighted by atomic mass is 16.2. The Morgan fingerprint density at radius 1 is 1.03 bits per heavy atom. The standard InChI is InChI=1S/C26H34N2O2/c1-3-24(26(30)27-23-14-7-8-15-23)28(19-22-13-9-10-20(2)18-22)25(29)17-16-21-11-5-4-6-12-21/h4-6,9-13,18,23-24H,3,7-8,14-17,19H2,1-2H3,(H,27,30)/t24-/m1/s1. The van der Waals surface area contributed by atoms with Crippen LogP contribution in [0.1, 0.15) is 62.1 Å². The number of hydrogen-bond donors (Lipinski definition) is 1. The van der Waals surface area contributed by atoms with Crippen LogP contribution in [-0.4, -0.2) is 28.8 Å². The molecule has 160 valence electrons. The molecule has 0 heterocycles. The molecule has 0 unspecified atom stereocenters. The second kappa shape index (κ2) is 11.0. The summed E-state index contributed by atoms with van der Waals surface area (Å²) in [5.41, 5.74) is 3.37. The van der Waals surface area contributed by atoms with Crippen LogP contribution in [0.15, 0.2) is 54.6 Å². The number of hydrogen-bond acceptors (Lipinski definition) is 2. The van der Waals surface area contributed by atoms with Gasteiger partial charge in [-0.15, -0.1) is 0 Å². The Morgan fingerprint density at radius 3 is 2.40 bits per heavy atom. The van der Waals surface area contributed by atoms with Gasteiger partial charge in [-0.1, -0.05) is 79.9 Å². The van der Waals surface area contributed by atoms with Crippen LogP contribution in [0.2, 0.25) is 0 Å². The zero-order valence-corrected chi connectivity index (χ0v) is 18.3. The Bertz CT molecular complexity index is 828. The van der Waals surface area contributed by atoms with E-state index in [0.717, 1.165) is 29.5 Å². The fourth-order valence-corrected chi connectivity index (χ4v) is 4.33. The molecule has 0 aliphatic heterocycles. The van der Waals surface area contributed by atoms with Gasteiger partial charge in [0, 0.05) is 19.0 Å². The maximum absolute atomic E-state index is 13.3. The first kappa shape index (κ1) is 22.1. The molecule has 0 bridgehead atoms. The summed E-state index contributed by atoms with van der Waals surface area (Å²) in [6.07, 6.45) is 6.13. The first-order chi connectivity index (χ1) is 14.6. The Hall–Kier alpha value is -2.62. The van der Waals surface area contributed by atoms with Gasteiger partial charge in [-0.2, -0.15) is 0 Å². The van der Waals surface area contributed by atoms with Gasteiger partial charge >= 0.3 is 0 Å². The van der Waals surface area contributed by atoms with Crippen LogP contribution in [0.3, 0.4) is 0 Å². The van der Waals surface area contributed by atoms with Crippen molar-refractivity contribution in [1.29, 1.82) is 0 Å². The van der Waals surface area contributed by atoms with Crippen molar-refractivity contribution in [2.24, 2.45) is 0 Å². The zero-order chi connectivity index (χ0) is 21.3. The molecule has 4 nitrogen and oxygen atoms in total. The summed E-state index contributed by atoms with van der Waals surface area (Å²) < 4.78 is 0. The molecule has 1 aliphatic carbocycles. The van der Waals surface area contributed by atoms with E-state index in [0.29, 0.717) is 25.8 Å². The van der Waals surface area contributed by atoms with Crippen molar-refractivity contribution in [2.75, 3.05) is 0 Å². The van der Waals surface area contributed by atoms with E-state index in [4.69, 9.17) is 0 Å². The van der Waals surface area contributed by atoms with Crippen molar-refractivity contribution in [3.8, 4) is 0 Å². The lowest BCUT2D eigenvalue weighted by molar-refractivity contribution is -0.141. The van der Waals surface area contributed by atoms with Crippen LogP contribution >= 0.6 is 0 Å². The molecule has 2 aromatic rings. The fraction of sp³-hybridized carbons (Fsp3) is 0.462. The molecule has 30 heavy (non-hydrogen) atoms. The maximum atomic E-state index is 13.3. The van der Waals surface area contributed by atoms with Crippen molar-refractivity contribution < 1.29 is 9.59 Å². The maximum Gasteiger partial charge on any atom is 0.243 e. The average Bonchev–Trinajstić information content (AvgIpc) is 3.25. The molecule has 0 spiro atoms. The highest BCUT2D eigenvalue weighted by molar-refractivity contribution is 5.88. The Morgan fingerprint density at radius 2 is 1.73 bits per heavy atom. The van der Waals surface area contributed by atoms with Crippen LogP contribution in [0.4, 0.5) is 0 Å². The fourth-order valence-electron chi connectivity index (χ4n) is 4.33. The molecular weight excluding hydrogens is 372 g/mol. The number of nitrogens with one attached hydrogen (secondary N) is 1. The Balaban J connectivity index is 1.75. The summed E-state index contributed by atoms with van der Waals surface area (Å²) in [6, 6.07) is 18.1. The summed E-state index contributed by atoms with van der Waals surface area (Å²) in [4.78, 5) is 28.2. The third-order valence-electron chi connectivity index (χ3n) is 5.99. The van der Waals surface area contributed by atoms with E-state index in [1.165, 1.54) is 12.8 Å². The summed E-state index contributed by atoms with van der Waals surface area (Å²) in [5, 5.41) is 3.20. The number of rotatable bonds is 9. The number of amides is 2. The number of carbonyl (C=O) groups is 2. The number of carbonyl (C=O) groups excluding carboxylic acids is 2. The lowest BCUT2D eigenvalue weighted by atomic mass is 10.0. The second-order valence-corrected chi connectivity index (χ2v) is 8.41. The van der Waals surface area contributed by atoms with Gasteiger partial charge < -0.3 is 10.2 Å². The summed E-state index contributed by atoms with van der Waals surface area (Å²) in [7, 11) is 0. The SMILES string of the molecule is CC[C@H](C(=O)NC1CCCC1)N(Cc1cccc(C)c1)C(=O)CCc1ccccc1. The predicted molar refractivity (Wildman–Crippen MR) is 121 cm³/mol. The molecule has 2 amide bonds. The molecule has 3 rings (SSSR count). The topological polar surface area (TPSA) is 49.4 Å². The minimum atomic E-state index is -0.436. The largest absolute Gasteiger partial charge is 0.352 e. The van der Waals surface area contributed by atoms with Crippen LogP contribution < -0.4 is 5.32 Å². The smallest absolute Gasteiger partial charge is 0.243 e. The normalized spacial score (nSPS) is 15.0. The summed E-state index contributed by atoms with van der Waals surface area (Å²) in [5.74, 6) is 0.0268. The molecule has 1 saturated carbocycles. The van der Waals surface area contributed by atoms with Crippen LogP contribution in [0.5, 0.6) is 0 Å². The number of aryl methyl sites for hydroxylation is 2. The molecule has 1 N–H and O–H groups in total. The predicted octanol–water partition coefficient (Wildman–Crippen LogP) is 4.79. The molecule has 0 radical (unpaired) electrons. The van der Waals surface area contributed by atoms with Gasteiger partial charge in [-0.3, -0.25) is 9.59 Å². The van der Waals surface area contributed by atoms with E-state index in [2.05, 4.69) is 24.4 Å². The van der Waals surface area contributed by atoms with Crippen LogP contribution in [0.25, 0.3) is 0 Å². The average molecular weight is 407 g/mol. The van der Waals surface area contributed by atoms with Crippen LogP contribution in [-0.2, 0) is 22.6 Å². The molecule has 1 fully saturated rings. The summed E-state index contributed by atoms with van der Waals surface area (Å²) in [6.45, 7) is 4.51. The Kier molecular flexibility index (Phi) is 8.06. The van der Waals surface area contributed by atoms with Gasteiger partial charge in [0.25, 0.3) is 0 Å². The van der Waals surface area contributed by atoms with E-state index < -0.39 is 6.04 Å². The second-order valence-electron chi connectivity index (χ2n) is 8.41. The first-order valence-electron chi connectivity index (χ1n) is 11.3. The van der Waals surface area contributed by atoms with E-state index >= 15 is 0 Å². The Labute approximate surface area is 180 Å². The van der Waals surface area contributed by atoms with Gasteiger partial charge in [0.15, 0.2) is 0 Å². The van der Waals surface area contributed by atoms with Crippen molar-refractivity contribution in [3.63, 3.8) is 0 Å². The van der Waals surface area contributed by atoms with E-state index in [1.54, 1.807) is 4.90 Å². The summed E-state index contributed by atoms with van der Waals surface area (Å²) >= 11 is 0. The number of benzene rings is 2. The monoisotopic (exact) mass is 406 g/mol. The first-order valence-corrected chi connectivity index (χ1v) is 11.3. The van der Waals surface area contributed by atoms with Gasteiger partial charge in [-0.05, 0) is 43.7 Å². The minimum Gasteiger partial charge on any atom is -0.352 e. The lowest BCUT2D eigenvalue weighted by Crippen LogP contribution is -2.51. The van der Waals surface area contributed by atoms with Gasteiger partial charge in [0.2, 0.25) is 11.8 Å². The third kappa shape index (κ3) is 6.19. The molecule has 0 saturated heterocycles. The van der Waals surface area contributed by atoms with E-state index in [1.807, 2.05) is 49.4 Å².